The van der Waals surface area contributed by atoms with Crippen molar-refractivity contribution in [1.82, 2.24) is 9.88 Å². The number of carbonyl (C=O) groups excluding carboxylic acids is 3. The van der Waals surface area contributed by atoms with Crippen molar-refractivity contribution in [2.75, 3.05) is 4.90 Å². The van der Waals surface area contributed by atoms with Gasteiger partial charge in [-0.25, -0.2) is 14.5 Å². The molecule has 1 aliphatic rings. The molecule has 32 heavy (non-hydrogen) atoms. The van der Waals surface area contributed by atoms with Gasteiger partial charge in [0.25, 0.3) is 11.8 Å². The van der Waals surface area contributed by atoms with E-state index in [1.165, 1.54) is 12.1 Å². The van der Waals surface area contributed by atoms with Crippen LogP contribution in [0.4, 0.5) is 10.5 Å². The molecule has 0 unspecified atom stereocenters. The van der Waals surface area contributed by atoms with E-state index in [0.717, 1.165) is 10.6 Å². The number of anilines is 1. The van der Waals surface area contributed by atoms with Gasteiger partial charge < -0.3 is 9.67 Å². The zero-order valence-corrected chi connectivity index (χ0v) is 17.3. The van der Waals surface area contributed by atoms with Crippen molar-refractivity contribution in [3.05, 3.63) is 88.8 Å². The van der Waals surface area contributed by atoms with Crippen LogP contribution < -0.4 is 10.2 Å². The number of carboxylic acid groups (broad SMARTS) is 1. The van der Waals surface area contributed by atoms with Crippen molar-refractivity contribution in [1.29, 1.82) is 0 Å². The van der Waals surface area contributed by atoms with Crippen LogP contribution in [0.2, 0.25) is 0 Å². The summed E-state index contributed by atoms with van der Waals surface area (Å²) in [6.45, 7) is 3.57. The molecule has 1 fully saturated rings. The number of urea groups is 1. The summed E-state index contributed by atoms with van der Waals surface area (Å²) in [5.74, 6) is -2.59. The molecule has 2 N–H and O–H groups in total. The molecule has 0 spiro atoms. The lowest BCUT2D eigenvalue weighted by Crippen LogP contribution is -2.54. The number of carboxylic acids is 1. The van der Waals surface area contributed by atoms with Crippen LogP contribution >= 0.6 is 0 Å². The Morgan fingerprint density at radius 1 is 0.969 bits per heavy atom. The third kappa shape index (κ3) is 3.47. The Morgan fingerprint density at radius 2 is 1.62 bits per heavy atom. The van der Waals surface area contributed by atoms with E-state index in [1.807, 2.05) is 0 Å². The van der Waals surface area contributed by atoms with Crippen LogP contribution in [0.25, 0.3) is 11.8 Å². The molecule has 8 nitrogen and oxygen atoms in total. The summed E-state index contributed by atoms with van der Waals surface area (Å²) in [6.07, 6.45) is 1.42. The topological polar surface area (TPSA) is 109 Å². The highest BCUT2D eigenvalue weighted by Gasteiger charge is 2.37. The first-order valence-corrected chi connectivity index (χ1v) is 9.77. The van der Waals surface area contributed by atoms with Crippen LogP contribution in [0.3, 0.4) is 0 Å². The average molecular weight is 429 g/mol. The first kappa shape index (κ1) is 20.8. The van der Waals surface area contributed by atoms with Crippen LogP contribution in [-0.4, -0.2) is 33.5 Å². The highest BCUT2D eigenvalue weighted by Crippen LogP contribution is 2.27. The quantitative estimate of drug-likeness (QED) is 0.488. The number of rotatable bonds is 4. The van der Waals surface area contributed by atoms with Crippen molar-refractivity contribution in [3.8, 4) is 5.69 Å². The number of barbiturate groups is 1. The lowest BCUT2D eigenvalue weighted by Gasteiger charge is -2.26. The maximum absolute atomic E-state index is 13.1. The largest absolute Gasteiger partial charge is 0.478 e. The predicted octanol–water partition coefficient (Wildman–Crippen LogP) is 3.46. The van der Waals surface area contributed by atoms with Gasteiger partial charge in [0.2, 0.25) is 0 Å². The molecule has 4 amide bonds. The minimum absolute atomic E-state index is 0.126. The molecule has 0 aliphatic carbocycles. The number of aryl methyl sites for hydroxylation is 1. The fourth-order valence-corrected chi connectivity index (χ4v) is 3.78. The predicted molar refractivity (Wildman–Crippen MR) is 118 cm³/mol. The molecule has 4 rings (SSSR count). The van der Waals surface area contributed by atoms with Crippen molar-refractivity contribution in [3.63, 3.8) is 0 Å². The van der Waals surface area contributed by atoms with Gasteiger partial charge in [0.1, 0.15) is 5.57 Å². The second-order valence-electron chi connectivity index (χ2n) is 7.28. The molecule has 0 saturated carbocycles. The number of aromatic nitrogens is 1. The van der Waals surface area contributed by atoms with E-state index in [9.17, 15) is 24.3 Å². The van der Waals surface area contributed by atoms with Gasteiger partial charge in [0.15, 0.2) is 0 Å². The fourth-order valence-electron chi connectivity index (χ4n) is 3.78. The standard InChI is InChI=1S/C24H19N3O5/c1-14-12-16(15(2)26(14)20-11-7-6-10-18(20)23(30)31)13-19-21(28)25-24(32)27(22(19)29)17-8-4-3-5-9-17/h3-13H,1-2H3,(H,30,31)(H,25,28,32)/b19-13+. The number of imide groups is 2. The molecule has 8 heteroatoms. The number of nitrogens with zero attached hydrogens (tertiary/aromatic N) is 2. The smallest absolute Gasteiger partial charge is 0.337 e. The van der Waals surface area contributed by atoms with Crippen LogP contribution in [0.15, 0.2) is 66.2 Å². The molecule has 160 valence electrons. The second kappa shape index (κ2) is 7.99. The Hall–Kier alpha value is -4.46. The molecular formula is C24H19N3O5. The van der Waals surface area contributed by atoms with Crippen LogP contribution in [0, 0.1) is 13.8 Å². The molecule has 3 aromatic rings. The molecule has 2 heterocycles. The Morgan fingerprint density at radius 3 is 2.31 bits per heavy atom. The third-order valence-corrected chi connectivity index (χ3v) is 5.26. The van der Waals surface area contributed by atoms with Gasteiger partial charge in [-0.15, -0.1) is 0 Å². The lowest BCUT2D eigenvalue weighted by atomic mass is 10.1. The van der Waals surface area contributed by atoms with Crippen molar-refractivity contribution >= 4 is 35.6 Å². The molecular weight excluding hydrogens is 410 g/mol. The minimum Gasteiger partial charge on any atom is -0.478 e. The first-order chi connectivity index (χ1) is 15.3. The maximum Gasteiger partial charge on any atom is 0.337 e. The number of hydrogen-bond acceptors (Lipinski definition) is 4. The van der Waals surface area contributed by atoms with Crippen molar-refractivity contribution < 1.29 is 24.3 Å². The van der Waals surface area contributed by atoms with Gasteiger partial charge in [0.05, 0.1) is 16.9 Å². The molecule has 0 bridgehead atoms. The average Bonchev–Trinajstić information content (AvgIpc) is 3.04. The van der Waals surface area contributed by atoms with E-state index >= 15 is 0 Å². The zero-order valence-electron chi connectivity index (χ0n) is 17.3. The molecule has 1 aliphatic heterocycles. The summed E-state index contributed by atoms with van der Waals surface area (Å²) < 4.78 is 1.75. The Bertz CT molecular complexity index is 1300. The summed E-state index contributed by atoms with van der Waals surface area (Å²) >= 11 is 0. The number of aromatic carboxylic acids is 1. The summed E-state index contributed by atoms with van der Waals surface area (Å²) in [5.41, 5.74) is 2.68. The maximum atomic E-state index is 13.1. The third-order valence-electron chi connectivity index (χ3n) is 5.26. The van der Waals surface area contributed by atoms with E-state index in [2.05, 4.69) is 5.32 Å². The zero-order chi connectivity index (χ0) is 23.0. The summed E-state index contributed by atoms with van der Waals surface area (Å²) in [7, 11) is 0. The van der Waals surface area contributed by atoms with Gasteiger partial charge in [-0.05, 0) is 55.8 Å². The lowest BCUT2D eigenvalue weighted by molar-refractivity contribution is -0.122. The van der Waals surface area contributed by atoms with Gasteiger partial charge in [-0.2, -0.15) is 0 Å². The van der Waals surface area contributed by atoms with Gasteiger partial charge in [-0.3, -0.25) is 14.9 Å². The Balaban J connectivity index is 1.80. The number of benzene rings is 2. The van der Waals surface area contributed by atoms with Crippen molar-refractivity contribution in [2.24, 2.45) is 0 Å². The summed E-state index contributed by atoms with van der Waals surface area (Å²) in [6, 6.07) is 15.8. The van der Waals surface area contributed by atoms with Crippen LogP contribution in [-0.2, 0) is 9.59 Å². The molecule has 1 saturated heterocycles. The number of para-hydroxylation sites is 2. The minimum atomic E-state index is -1.06. The molecule has 0 atom stereocenters. The normalized spacial score (nSPS) is 15.2. The molecule has 0 radical (unpaired) electrons. The number of hydrogen-bond donors (Lipinski definition) is 2. The van der Waals surface area contributed by atoms with E-state index in [4.69, 9.17) is 0 Å². The Kier molecular flexibility index (Phi) is 5.19. The SMILES string of the molecule is Cc1cc(/C=C2\C(=O)NC(=O)N(c3ccccc3)C2=O)c(C)n1-c1ccccc1C(=O)O. The molecule has 2 aromatic carbocycles. The molecule has 1 aromatic heterocycles. The van der Waals surface area contributed by atoms with E-state index in [0.29, 0.717) is 22.6 Å². The highest BCUT2D eigenvalue weighted by molar-refractivity contribution is 6.39. The van der Waals surface area contributed by atoms with Gasteiger partial charge >= 0.3 is 12.0 Å². The Labute approximate surface area is 183 Å². The first-order valence-electron chi connectivity index (χ1n) is 9.77. The fraction of sp³-hybridized carbons (Fsp3) is 0.0833. The summed E-state index contributed by atoms with van der Waals surface area (Å²) in [5, 5.41) is 11.7. The second-order valence-corrected chi connectivity index (χ2v) is 7.28. The van der Waals surface area contributed by atoms with Gasteiger partial charge in [0, 0.05) is 11.4 Å². The highest BCUT2D eigenvalue weighted by atomic mass is 16.4. The monoisotopic (exact) mass is 429 g/mol. The number of amides is 4. The number of nitrogens with one attached hydrogen (secondary N) is 1. The number of carbonyl (C=O) groups is 4. The van der Waals surface area contributed by atoms with E-state index in [-0.39, 0.29) is 11.1 Å². The van der Waals surface area contributed by atoms with E-state index < -0.39 is 23.8 Å². The van der Waals surface area contributed by atoms with Crippen molar-refractivity contribution in [2.45, 2.75) is 13.8 Å². The van der Waals surface area contributed by atoms with E-state index in [1.54, 1.807) is 73.0 Å². The summed E-state index contributed by atoms with van der Waals surface area (Å²) in [4.78, 5) is 50.4. The van der Waals surface area contributed by atoms with Crippen LogP contribution in [0.1, 0.15) is 27.3 Å². The van der Waals surface area contributed by atoms with Gasteiger partial charge in [-0.1, -0.05) is 30.3 Å². The van der Waals surface area contributed by atoms with Crippen LogP contribution in [0.5, 0.6) is 0 Å².